The van der Waals surface area contributed by atoms with Crippen LogP contribution < -0.4 is 10.2 Å². The van der Waals surface area contributed by atoms with E-state index in [1.54, 1.807) is 21.3 Å². The number of benzene rings is 1. The number of amides is 1. The number of nitrogens with zero attached hydrogens (tertiary/aromatic N) is 2. The third kappa shape index (κ3) is 4.06. The minimum Gasteiger partial charge on any atom is -0.315 e. The van der Waals surface area contributed by atoms with Crippen LogP contribution in [0.4, 0.5) is 5.69 Å². The Bertz CT molecular complexity index is 748. The molecule has 0 radical (unpaired) electrons. The minimum absolute atomic E-state index is 0. The Labute approximate surface area is 162 Å². The lowest BCUT2D eigenvalue weighted by Crippen LogP contribution is -2.42. The van der Waals surface area contributed by atoms with Gasteiger partial charge in [-0.3, -0.25) is 4.79 Å². The molecule has 1 aromatic carbocycles. The zero-order valence-corrected chi connectivity index (χ0v) is 17.0. The van der Waals surface area contributed by atoms with Gasteiger partial charge in [-0.05, 0) is 49.9 Å². The Morgan fingerprint density at radius 3 is 2.77 bits per heavy atom. The third-order valence-electron chi connectivity index (χ3n) is 5.05. The van der Waals surface area contributed by atoms with Gasteiger partial charge in [0, 0.05) is 38.3 Å². The zero-order valence-electron chi connectivity index (χ0n) is 15.4. The fraction of sp³-hybridized carbons (Fsp3) is 0.611. The molecule has 1 saturated heterocycles. The molecule has 8 heteroatoms. The summed E-state index contributed by atoms with van der Waals surface area (Å²) in [5.41, 5.74) is 1.80. The predicted octanol–water partition coefficient (Wildman–Crippen LogP) is 2.17. The summed E-state index contributed by atoms with van der Waals surface area (Å²) in [7, 11) is -3.57. The van der Waals surface area contributed by atoms with Crippen molar-refractivity contribution in [2.24, 2.45) is 0 Å². The predicted molar refractivity (Wildman–Crippen MR) is 105 cm³/mol. The van der Waals surface area contributed by atoms with Crippen molar-refractivity contribution in [3.8, 4) is 0 Å². The molecule has 1 atom stereocenters. The summed E-state index contributed by atoms with van der Waals surface area (Å²) in [6.45, 7) is 6.24. The van der Waals surface area contributed by atoms with E-state index in [2.05, 4.69) is 5.32 Å². The van der Waals surface area contributed by atoms with Gasteiger partial charge >= 0.3 is 0 Å². The van der Waals surface area contributed by atoms with E-state index in [0.29, 0.717) is 24.5 Å². The van der Waals surface area contributed by atoms with Gasteiger partial charge in [0.1, 0.15) is 0 Å². The Morgan fingerprint density at radius 1 is 1.38 bits per heavy atom. The smallest absolute Gasteiger partial charge is 0.243 e. The molecule has 0 aliphatic carbocycles. The second kappa shape index (κ2) is 8.69. The molecular weight excluding hydrogens is 374 g/mol. The van der Waals surface area contributed by atoms with E-state index in [1.807, 2.05) is 13.0 Å². The average Bonchev–Trinajstić information content (AvgIpc) is 3.12. The molecule has 1 aromatic rings. The molecule has 0 saturated carbocycles. The second-order valence-electron chi connectivity index (χ2n) is 6.83. The van der Waals surface area contributed by atoms with Gasteiger partial charge < -0.3 is 10.2 Å². The lowest BCUT2D eigenvalue weighted by atomic mass is 10.0. The number of nitrogens with one attached hydrogen (secondary N) is 1. The molecule has 1 unspecified atom stereocenters. The summed E-state index contributed by atoms with van der Waals surface area (Å²) < 4.78 is 28.2. The van der Waals surface area contributed by atoms with Gasteiger partial charge in [0.15, 0.2) is 0 Å². The maximum absolute atomic E-state index is 13.3. The highest BCUT2D eigenvalue weighted by atomic mass is 35.5. The van der Waals surface area contributed by atoms with E-state index in [0.717, 1.165) is 43.5 Å². The quantitative estimate of drug-likeness (QED) is 0.820. The molecule has 0 bridgehead atoms. The molecule has 6 nitrogen and oxygen atoms in total. The van der Waals surface area contributed by atoms with Crippen LogP contribution in [0.3, 0.4) is 0 Å². The monoisotopic (exact) mass is 401 g/mol. The maximum Gasteiger partial charge on any atom is 0.243 e. The van der Waals surface area contributed by atoms with Crippen molar-refractivity contribution >= 4 is 34.0 Å². The number of fused-ring (bicyclic) bond motifs is 1. The van der Waals surface area contributed by atoms with E-state index in [1.165, 1.54) is 6.92 Å². The van der Waals surface area contributed by atoms with Crippen LogP contribution in [0, 0.1) is 0 Å². The summed E-state index contributed by atoms with van der Waals surface area (Å²) >= 11 is 0. The first kappa shape index (κ1) is 21.2. The number of hydrogen-bond donors (Lipinski definition) is 1. The SMILES string of the molecule is CCCN(C1CCNC1)S(=O)(=O)c1ccc2c(c1)N(C(C)=O)CCC2.Cl. The maximum atomic E-state index is 13.3. The highest BCUT2D eigenvalue weighted by Crippen LogP contribution is 2.31. The van der Waals surface area contributed by atoms with E-state index in [4.69, 9.17) is 0 Å². The number of carbonyl (C=O) groups excluding carboxylic acids is 1. The molecule has 3 rings (SSSR count). The van der Waals surface area contributed by atoms with E-state index in [9.17, 15) is 13.2 Å². The molecule has 2 heterocycles. The Balaban J connectivity index is 0.00000243. The zero-order chi connectivity index (χ0) is 18.0. The molecule has 2 aliphatic rings. The number of anilines is 1. The van der Waals surface area contributed by atoms with Crippen LogP contribution in [0.5, 0.6) is 0 Å². The number of aryl methyl sites for hydroxylation is 1. The lowest BCUT2D eigenvalue weighted by molar-refractivity contribution is -0.116. The number of hydrogen-bond acceptors (Lipinski definition) is 4. The van der Waals surface area contributed by atoms with Crippen LogP contribution in [0.15, 0.2) is 23.1 Å². The first-order chi connectivity index (χ1) is 11.9. The van der Waals surface area contributed by atoms with Crippen LogP contribution >= 0.6 is 12.4 Å². The van der Waals surface area contributed by atoms with Crippen LogP contribution in [-0.4, -0.2) is 50.9 Å². The van der Waals surface area contributed by atoms with E-state index in [-0.39, 0.29) is 24.4 Å². The third-order valence-corrected chi connectivity index (χ3v) is 7.00. The topological polar surface area (TPSA) is 69.7 Å². The van der Waals surface area contributed by atoms with Gasteiger partial charge in [0.05, 0.1) is 4.90 Å². The van der Waals surface area contributed by atoms with Crippen LogP contribution in [0.25, 0.3) is 0 Å². The van der Waals surface area contributed by atoms with E-state index < -0.39 is 10.0 Å². The van der Waals surface area contributed by atoms with Crippen LogP contribution in [0.2, 0.25) is 0 Å². The molecule has 1 amide bonds. The van der Waals surface area contributed by atoms with E-state index >= 15 is 0 Å². The minimum atomic E-state index is -3.57. The highest BCUT2D eigenvalue weighted by Gasteiger charge is 2.33. The Kier molecular flexibility index (Phi) is 7.07. The van der Waals surface area contributed by atoms with Crippen molar-refractivity contribution < 1.29 is 13.2 Å². The van der Waals surface area contributed by atoms with Gasteiger partial charge in [-0.2, -0.15) is 4.31 Å². The van der Waals surface area contributed by atoms with Gasteiger partial charge in [0.2, 0.25) is 15.9 Å². The summed E-state index contributed by atoms with van der Waals surface area (Å²) in [5.74, 6) is -0.0408. The molecule has 2 aliphatic heterocycles. The molecule has 1 N–H and O–H groups in total. The van der Waals surface area contributed by atoms with Gasteiger partial charge in [-0.15, -0.1) is 12.4 Å². The molecule has 0 aromatic heterocycles. The van der Waals surface area contributed by atoms with Crippen LogP contribution in [-0.2, 0) is 21.2 Å². The lowest BCUT2D eigenvalue weighted by Gasteiger charge is -2.31. The first-order valence-corrected chi connectivity index (χ1v) is 10.5. The standard InChI is InChI=1S/C18H27N3O3S.ClH/c1-3-10-21(16-8-9-19-13-16)25(23,24)17-7-6-15-5-4-11-20(14(2)22)18(15)12-17;/h6-7,12,16,19H,3-5,8-11,13H2,1-2H3;1H. The van der Waals surface area contributed by atoms with Crippen molar-refractivity contribution in [3.05, 3.63) is 23.8 Å². The number of carbonyl (C=O) groups is 1. The fourth-order valence-corrected chi connectivity index (χ4v) is 5.55. The summed E-state index contributed by atoms with van der Waals surface area (Å²) in [5, 5.41) is 3.25. The molecule has 26 heavy (non-hydrogen) atoms. The van der Waals surface area contributed by atoms with Crippen LogP contribution in [0.1, 0.15) is 38.7 Å². The second-order valence-corrected chi connectivity index (χ2v) is 8.72. The van der Waals surface area contributed by atoms with Gasteiger partial charge in [-0.25, -0.2) is 8.42 Å². The van der Waals surface area contributed by atoms with Crippen molar-refractivity contribution in [2.75, 3.05) is 31.1 Å². The molecule has 146 valence electrons. The highest BCUT2D eigenvalue weighted by molar-refractivity contribution is 7.89. The van der Waals surface area contributed by atoms with Crippen molar-refractivity contribution in [2.45, 2.75) is 50.5 Å². The normalized spacial score (nSPS) is 20.0. The Hall–Kier alpha value is -1.15. The van der Waals surface area contributed by atoms with Crippen molar-refractivity contribution in [3.63, 3.8) is 0 Å². The summed E-state index contributed by atoms with van der Waals surface area (Å²) in [4.78, 5) is 13.9. The van der Waals surface area contributed by atoms with Gasteiger partial charge in [0.25, 0.3) is 0 Å². The molecule has 1 fully saturated rings. The largest absolute Gasteiger partial charge is 0.315 e. The summed E-state index contributed by atoms with van der Waals surface area (Å²) in [6.07, 6.45) is 3.41. The molecule has 0 spiro atoms. The number of rotatable bonds is 5. The van der Waals surface area contributed by atoms with Gasteiger partial charge in [-0.1, -0.05) is 13.0 Å². The average molecular weight is 402 g/mol. The first-order valence-electron chi connectivity index (χ1n) is 9.08. The fourth-order valence-electron chi connectivity index (χ4n) is 3.78. The van der Waals surface area contributed by atoms with Crippen molar-refractivity contribution in [1.82, 2.24) is 9.62 Å². The number of halogens is 1. The molecular formula is C18H28ClN3O3S. The number of sulfonamides is 1. The van der Waals surface area contributed by atoms with Crippen molar-refractivity contribution in [1.29, 1.82) is 0 Å². The Morgan fingerprint density at radius 2 is 2.15 bits per heavy atom. The summed E-state index contributed by atoms with van der Waals surface area (Å²) in [6, 6.07) is 5.26.